The summed E-state index contributed by atoms with van der Waals surface area (Å²) in [5.74, 6) is -0.0864. The number of para-hydroxylation sites is 1. The first kappa shape index (κ1) is 23.1. The number of nitrogens with zero attached hydrogens (tertiary/aromatic N) is 3. The molecule has 1 aliphatic heterocycles. The molecule has 1 N–H and O–H groups in total. The molecule has 2 heterocycles. The van der Waals surface area contributed by atoms with Crippen LogP contribution >= 0.6 is 0 Å². The highest BCUT2D eigenvalue weighted by atomic mass is 32.2. The Balaban J connectivity index is 1.25. The fourth-order valence-electron chi connectivity index (χ4n) is 4.07. The second-order valence-electron chi connectivity index (χ2n) is 8.42. The zero-order valence-corrected chi connectivity index (χ0v) is 19.4. The number of piperidine rings is 1. The van der Waals surface area contributed by atoms with Crippen molar-refractivity contribution in [1.29, 1.82) is 0 Å². The van der Waals surface area contributed by atoms with E-state index >= 15 is 0 Å². The van der Waals surface area contributed by atoms with Crippen molar-refractivity contribution in [3.63, 3.8) is 0 Å². The number of nitrogens with one attached hydrogen (secondary N) is 1. The van der Waals surface area contributed by atoms with Crippen molar-refractivity contribution >= 4 is 26.8 Å². The van der Waals surface area contributed by atoms with Crippen molar-refractivity contribution in [2.24, 2.45) is 0 Å². The minimum atomic E-state index is -3.51. The summed E-state index contributed by atoms with van der Waals surface area (Å²) in [6.07, 6.45) is 3.48. The van der Waals surface area contributed by atoms with Crippen molar-refractivity contribution in [2.45, 2.75) is 50.1 Å². The average Bonchev–Trinajstić information content (AvgIpc) is 2.81. The molecule has 8 nitrogen and oxygen atoms in total. The molecule has 0 atom stereocenters. The highest BCUT2D eigenvalue weighted by molar-refractivity contribution is 7.89. The number of hydrogen-bond donors (Lipinski definition) is 1. The molecular formula is C24H28N4O4S. The maximum absolute atomic E-state index is 12.8. The normalized spacial score (nSPS) is 15.5. The Hall–Kier alpha value is -3.04. The van der Waals surface area contributed by atoms with Crippen LogP contribution in [0.25, 0.3) is 10.9 Å². The predicted octanol–water partition coefficient (Wildman–Crippen LogP) is 2.45. The lowest BCUT2D eigenvalue weighted by atomic mass is 10.1. The van der Waals surface area contributed by atoms with Crippen LogP contribution in [0.3, 0.4) is 0 Å². The van der Waals surface area contributed by atoms with Gasteiger partial charge in [0.25, 0.3) is 5.56 Å². The molecule has 1 aliphatic rings. The first-order valence-electron chi connectivity index (χ1n) is 11.1. The van der Waals surface area contributed by atoms with E-state index in [-0.39, 0.29) is 17.5 Å². The Morgan fingerprint density at radius 1 is 1.09 bits per heavy atom. The van der Waals surface area contributed by atoms with Gasteiger partial charge < -0.3 is 5.32 Å². The van der Waals surface area contributed by atoms with Gasteiger partial charge in [0.2, 0.25) is 15.9 Å². The lowest BCUT2D eigenvalue weighted by molar-refractivity contribution is -0.122. The fourth-order valence-corrected chi connectivity index (χ4v) is 5.54. The Morgan fingerprint density at radius 3 is 2.52 bits per heavy atom. The van der Waals surface area contributed by atoms with Gasteiger partial charge >= 0.3 is 0 Å². The van der Waals surface area contributed by atoms with Crippen molar-refractivity contribution in [3.8, 4) is 0 Å². The van der Waals surface area contributed by atoms with Crippen LogP contribution in [0.15, 0.2) is 64.5 Å². The maximum Gasteiger partial charge on any atom is 0.261 e. The zero-order chi connectivity index (χ0) is 23.4. The summed E-state index contributed by atoms with van der Waals surface area (Å²) in [5, 5.41) is 3.57. The third-order valence-electron chi connectivity index (χ3n) is 6.01. The molecular weight excluding hydrogens is 440 g/mol. The number of aryl methyl sites for hydroxylation is 2. The summed E-state index contributed by atoms with van der Waals surface area (Å²) in [6.45, 7) is 3.08. The van der Waals surface area contributed by atoms with Gasteiger partial charge in [-0.15, -0.1) is 0 Å². The van der Waals surface area contributed by atoms with E-state index in [9.17, 15) is 18.0 Å². The number of rotatable bonds is 7. The summed E-state index contributed by atoms with van der Waals surface area (Å²) in [5.41, 5.74) is 1.56. The third-order valence-corrected chi connectivity index (χ3v) is 7.93. The number of amides is 1. The first-order chi connectivity index (χ1) is 15.8. The number of sulfonamides is 1. The fraction of sp³-hybridized carbons (Fsp3) is 0.375. The van der Waals surface area contributed by atoms with Gasteiger partial charge in [0.05, 0.1) is 22.1 Å². The molecule has 0 spiro atoms. The molecule has 4 rings (SSSR count). The van der Waals surface area contributed by atoms with Gasteiger partial charge in [-0.25, -0.2) is 13.4 Å². The first-order valence-corrected chi connectivity index (χ1v) is 12.6. The average molecular weight is 469 g/mol. The molecule has 174 valence electrons. The molecule has 0 saturated carbocycles. The van der Waals surface area contributed by atoms with Gasteiger partial charge in [-0.2, -0.15) is 4.31 Å². The molecule has 1 fully saturated rings. The largest absolute Gasteiger partial charge is 0.353 e. The highest BCUT2D eigenvalue weighted by Gasteiger charge is 2.29. The summed E-state index contributed by atoms with van der Waals surface area (Å²) in [7, 11) is -3.51. The molecule has 2 aromatic carbocycles. The van der Waals surface area contributed by atoms with E-state index in [0.29, 0.717) is 61.1 Å². The molecule has 0 unspecified atom stereocenters. The predicted molar refractivity (Wildman–Crippen MR) is 126 cm³/mol. The van der Waals surface area contributed by atoms with Crippen LogP contribution in [0, 0.1) is 6.92 Å². The number of hydrogen-bond acceptors (Lipinski definition) is 5. The molecule has 3 aromatic rings. The number of aromatic nitrogens is 2. The van der Waals surface area contributed by atoms with E-state index in [2.05, 4.69) is 10.3 Å². The van der Waals surface area contributed by atoms with Crippen LogP contribution in [0.2, 0.25) is 0 Å². The van der Waals surface area contributed by atoms with E-state index in [1.165, 1.54) is 15.2 Å². The van der Waals surface area contributed by atoms with E-state index in [1.807, 2.05) is 13.0 Å². The Labute approximate surface area is 193 Å². The SMILES string of the molecule is Cc1ccc(S(=O)(=O)N2CCC(NC(=O)CCCn3cnc4ccccc4c3=O)CC2)cc1. The molecule has 0 bridgehead atoms. The highest BCUT2D eigenvalue weighted by Crippen LogP contribution is 2.21. The summed E-state index contributed by atoms with van der Waals surface area (Å²) in [4.78, 5) is 29.5. The van der Waals surface area contributed by atoms with E-state index < -0.39 is 10.0 Å². The van der Waals surface area contributed by atoms with Crippen LogP contribution in [-0.4, -0.2) is 47.3 Å². The van der Waals surface area contributed by atoms with Gasteiger partial charge in [0.15, 0.2) is 0 Å². The van der Waals surface area contributed by atoms with E-state index in [1.54, 1.807) is 42.5 Å². The Bertz CT molecular complexity index is 1290. The lowest BCUT2D eigenvalue weighted by Gasteiger charge is -2.31. The monoisotopic (exact) mass is 468 g/mol. The summed E-state index contributed by atoms with van der Waals surface area (Å²) in [6, 6.07) is 14.0. The van der Waals surface area contributed by atoms with Crippen LogP contribution < -0.4 is 10.9 Å². The maximum atomic E-state index is 12.8. The molecule has 0 radical (unpaired) electrons. The number of carbonyl (C=O) groups is 1. The van der Waals surface area contributed by atoms with Crippen LogP contribution in [0.4, 0.5) is 0 Å². The van der Waals surface area contributed by atoms with Crippen molar-refractivity contribution < 1.29 is 13.2 Å². The summed E-state index contributed by atoms with van der Waals surface area (Å²) >= 11 is 0. The Kier molecular flexibility index (Phi) is 6.90. The van der Waals surface area contributed by atoms with Crippen molar-refractivity contribution in [1.82, 2.24) is 19.2 Å². The topological polar surface area (TPSA) is 101 Å². The lowest BCUT2D eigenvalue weighted by Crippen LogP contribution is -2.46. The third kappa shape index (κ3) is 5.31. The molecule has 1 aromatic heterocycles. The van der Waals surface area contributed by atoms with Crippen molar-refractivity contribution in [2.75, 3.05) is 13.1 Å². The zero-order valence-electron chi connectivity index (χ0n) is 18.6. The Morgan fingerprint density at radius 2 is 1.79 bits per heavy atom. The minimum absolute atomic E-state index is 0.0491. The van der Waals surface area contributed by atoms with Crippen molar-refractivity contribution in [3.05, 3.63) is 70.8 Å². The smallest absolute Gasteiger partial charge is 0.261 e. The second-order valence-corrected chi connectivity index (χ2v) is 10.4. The number of benzene rings is 2. The standard InChI is InChI=1S/C24H28N4O4S/c1-18-8-10-20(11-9-18)33(31,32)28-15-12-19(13-16-28)26-23(29)7-4-14-27-17-25-22-6-3-2-5-21(22)24(27)30/h2-3,5-6,8-11,17,19H,4,7,12-16H2,1H3,(H,26,29). The molecule has 33 heavy (non-hydrogen) atoms. The van der Waals surface area contributed by atoms with Crippen LogP contribution in [-0.2, 0) is 21.4 Å². The summed E-state index contributed by atoms with van der Waals surface area (Å²) < 4.78 is 28.7. The minimum Gasteiger partial charge on any atom is -0.353 e. The molecule has 1 saturated heterocycles. The quantitative estimate of drug-likeness (QED) is 0.574. The van der Waals surface area contributed by atoms with E-state index in [4.69, 9.17) is 0 Å². The number of carbonyl (C=O) groups excluding carboxylic acids is 1. The van der Waals surface area contributed by atoms with Crippen LogP contribution in [0.1, 0.15) is 31.2 Å². The van der Waals surface area contributed by atoms with Gasteiger partial charge in [0, 0.05) is 32.1 Å². The van der Waals surface area contributed by atoms with Crippen LogP contribution in [0.5, 0.6) is 0 Å². The number of fused-ring (bicyclic) bond motifs is 1. The molecule has 9 heteroatoms. The van der Waals surface area contributed by atoms with Gasteiger partial charge in [0.1, 0.15) is 0 Å². The van der Waals surface area contributed by atoms with Gasteiger partial charge in [-0.05, 0) is 50.5 Å². The second kappa shape index (κ2) is 9.84. The molecule has 0 aliphatic carbocycles. The van der Waals surface area contributed by atoms with Gasteiger partial charge in [-0.1, -0.05) is 29.8 Å². The van der Waals surface area contributed by atoms with E-state index in [0.717, 1.165) is 5.56 Å². The van der Waals surface area contributed by atoms with Gasteiger partial charge in [-0.3, -0.25) is 14.2 Å². The molecule has 1 amide bonds.